The normalized spacial score (nSPS) is 12.6. The SMILES string of the molecule is CCC(C)Oc1ccc(-c2ccc(Oc3ccc(S(=O)(=O)c4ccc(C(C)(CC)CC)cc4)cc3)cc2)cc1. The van der Waals surface area contributed by atoms with E-state index < -0.39 is 9.84 Å². The Kier molecular flexibility index (Phi) is 8.81. The van der Waals surface area contributed by atoms with Crippen LogP contribution in [0.25, 0.3) is 11.1 Å². The molecule has 0 amide bonds. The Bertz CT molecular complexity index is 1450. The van der Waals surface area contributed by atoms with Crippen LogP contribution in [0.2, 0.25) is 0 Å². The molecule has 0 aliphatic carbocycles. The summed E-state index contributed by atoms with van der Waals surface area (Å²) in [5, 5.41) is 0. The largest absolute Gasteiger partial charge is 0.491 e. The minimum atomic E-state index is -3.62. The third kappa shape index (κ3) is 6.54. The second-order valence-electron chi connectivity index (χ2n) is 10.3. The van der Waals surface area contributed by atoms with Crippen molar-refractivity contribution < 1.29 is 17.9 Å². The lowest BCUT2D eigenvalue weighted by atomic mass is 9.78. The molecule has 0 saturated carbocycles. The molecule has 4 nitrogen and oxygen atoms in total. The highest BCUT2D eigenvalue weighted by molar-refractivity contribution is 7.91. The summed E-state index contributed by atoms with van der Waals surface area (Å²) in [6.45, 7) is 10.7. The number of benzene rings is 4. The Morgan fingerprint density at radius 1 is 0.641 bits per heavy atom. The summed E-state index contributed by atoms with van der Waals surface area (Å²) in [7, 11) is -3.62. The van der Waals surface area contributed by atoms with E-state index in [1.807, 2.05) is 60.7 Å². The van der Waals surface area contributed by atoms with Crippen molar-refractivity contribution >= 4 is 9.84 Å². The van der Waals surface area contributed by atoms with Gasteiger partial charge in [-0.1, -0.05) is 64.1 Å². The number of hydrogen-bond acceptors (Lipinski definition) is 4. The van der Waals surface area contributed by atoms with Crippen LogP contribution in [0.1, 0.15) is 59.4 Å². The van der Waals surface area contributed by atoms with E-state index in [-0.39, 0.29) is 16.4 Å². The fraction of sp³-hybridized carbons (Fsp3) is 0.294. The standard InChI is InChI=1S/C34H38O4S/c1-6-25(4)37-29-15-9-26(10-16-29)27-11-17-30(18-12-27)38-31-19-23-33(24-20-31)39(35,36)32-21-13-28(14-22-32)34(5,7-2)8-3/h9-25H,6-8H2,1-5H3. The van der Waals surface area contributed by atoms with Gasteiger partial charge < -0.3 is 9.47 Å². The van der Waals surface area contributed by atoms with Gasteiger partial charge in [0.05, 0.1) is 15.9 Å². The van der Waals surface area contributed by atoms with Gasteiger partial charge in [0.15, 0.2) is 0 Å². The highest BCUT2D eigenvalue weighted by Crippen LogP contribution is 2.33. The molecule has 0 aromatic heterocycles. The van der Waals surface area contributed by atoms with E-state index in [9.17, 15) is 8.42 Å². The molecule has 1 unspecified atom stereocenters. The number of rotatable bonds is 11. The summed E-state index contributed by atoms with van der Waals surface area (Å²) in [5.41, 5.74) is 3.37. The number of ether oxygens (including phenoxy) is 2. The number of hydrogen-bond donors (Lipinski definition) is 0. The first-order chi connectivity index (χ1) is 18.7. The van der Waals surface area contributed by atoms with Crippen LogP contribution in [0.15, 0.2) is 107 Å². The maximum atomic E-state index is 13.2. The molecular weight excluding hydrogens is 504 g/mol. The molecule has 0 aliphatic heterocycles. The molecule has 0 N–H and O–H groups in total. The Morgan fingerprint density at radius 2 is 1.05 bits per heavy atom. The minimum Gasteiger partial charge on any atom is -0.491 e. The molecule has 0 spiro atoms. The van der Waals surface area contributed by atoms with Gasteiger partial charge in [0.1, 0.15) is 17.2 Å². The average molecular weight is 543 g/mol. The van der Waals surface area contributed by atoms with Crippen molar-refractivity contribution in [2.24, 2.45) is 0 Å². The smallest absolute Gasteiger partial charge is 0.206 e. The van der Waals surface area contributed by atoms with Gasteiger partial charge in [0.25, 0.3) is 0 Å². The lowest BCUT2D eigenvalue weighted by Crippen LogP contribution is -2.19. The summed E-state index contributed by atoms with van der Waals surface area (Å²) in [6, 6.07) is 29.8. The van der Waals surface area contributed by atoms with E-state index in [1.165, 1.54) is 0 Å². The first kappa shape index (κ1) is 28.4. The maximum Gasteiger partial charge on any atom is 0.206 e. The van der Waals surface area contributed by atoms with Crippen LogP contribution in [0.4, 0.5) is 0 Å². The number of sulfone groups is 1. The van der Waals surface area contributed by atoms with Crippen LogP contribution >= 0.6 is 0 Å². The summed E-state index contributed by atoms with van der Waals surface area (Å²) in [4.78, 5) is 0.539. The van der Waals surface area contributed by atoms with E-state index in [4.69, 9.17) is 9.47 Å². The first-order valence-electron chi connectivity index (χ1n) is 13.7. The zero-order chi connectivity index (χ0) is 28.0. The van der Waals surface area contributed by atoms with Gasteiger partial charge in [0.2, 0.25) is 9.84 Å². The van der Waals surface area contributed by atoms with Crippen molar-refractivity contribution in [3.63, 3.8) is 0 Å². The molecule has 5 heteroatoms. The third-order valence-corrected chi connectivity index (χ3v) is 9.53. The highest BCUT2D eigenvalue weighted by Gasteiger charge is 2.24. The van der Waals surface area contributed by atoms with Crippen LogP contribution in [0, 0.1) is 0 Å². The second-order valence-corrected chi connectivity index (χ2v) is 12.2. The van der Waals surface area contributed by atoms with E-state index in [2.05, 4.69) is 34.6 Å². The van der Waals surface area contributed by atoms with E-state index in [1.54, 1.807) is 36.4 Å². The van der Waals surface area contributed by atoms with Gasteiger partial charge in [-0.15, -0.1) is 0 Å². The van der Waals surface area contributed by atoms with Gasteiger partial charge in [-0.25, -0.2) is 8.42 Å². The van der Waals surface area contributed by atoms with Crippen molar-refractivity contribution in [1.29, 1.82) is 0 Å². The van der Waals surface area contributed by atoms with Crippen molar-refractivity contribution in [2.75, 3.05) is 0 Å². The quantitative estimate of drug-likeness (QED) is 0.190. The molecule has 0 saturated heterocycles. The zero-order valence-electron chi connectivity index (χ0n) is 23.5. The van der Waals surface area contributed by atoms with Gasteiger partial charge in [-0.05, 0) is 109 Å². The fourth-order valence-corrected chi connectivity index (χ4v) is 5.67. The first-order valence-corrected chi connectivity index (χ1v) is 15.2. The molecule has 0 bridgehead atoms. The zero-order valence-corrected chi connectivity index (χ0v) is 24.3. The molecule has 4 aromatic carbocycles. The van der Waals surface area contributed by atoms with Crippen LogP contribution in [-0.4, -0.2) is 14.5 Å². The van der Waals surface area contributed by atoms with Crippen LogP contribution in [-0.2, 0) is 15.3 Å². The molecule has 0 aliphatic rings. The Balaban J connectivity index is 1.42. The monoisotopic (exact) mass is 542 g/mol. The van der Waals surface area contributed by atoms with E-state index in [0.29, 0.717) is 16.4 Å². The summed E-state index contributed by atoms with van der Waals surface area (Å²) >= 11 is 0. The maximum absolute atomic E-state index is 13.2. The summed E-state index contributed by atoms with van der Waals surface area (Å²) in [6.07, 6.45) is 3.16. The Labute approximate surface area is 233 Å². The van der Waals surface area contributed by atoms with Gasteiger partial charge in [-0.3, -0.25) is 0 Å². The third-order valence-electron chi connectivity index (χ3n) is 7.75. The molecule has 4 aromatic rings. The van der Waals surface area contributed by atoms with Crippen LogP contribution < -0.4 is 9.47 Å². The molecule has 0 radical (unpaired) electrons. The molecule has 39 heavy (non-hydrogen) atoms. The second kappa shape index (κ2) is 12.1. The van der Waals surface area contributed by atoms with Gasteiger partial charge in [0, 0.05) is 0 Å². The fourth-order valence-electron chi connectivity index (χ4n) is 4.41. The van der Waals surface area contributed by atoms with E-state index in [0.717, 1.165) is 41.7 Å². The van der Waals surface area contributed by atoms with Crippen molar-refractivity contribution in [1.82, 2.24) is 0 Å². The average Bonchev–Trinajstić information content (AvgIpc) is 2.98. The van der Waals surface area contributed by atoms with Crippen LogP contribution in [0.5, 0.6) is 17.2 Å². The topological polar surface area (TPSA) is 52.6 Å². The molecule has 204 valence electrons. The highest BCUT2D eigenvalue weighted by atomic mass is 32.2. The predicted molar refractivity (Wildman–Crippen MR) is 159 cm³/mol. The molecule has 0 heterocycles. The Morgan fingerprint density at radius 3 is 1.49 bits per heavy atom. The molecule has 0 fully saturated rings. The van der Waals surface area contributed by atoms with Crippen LogP contribution in [0.3, 0.4) is 0 Å². The molecular formula is C34H38O4S. The lowest BCUT2D eigenvalue weighted by molar-refractivity contribution is 0.217. The van der Waals surface area contributed by atoms with Gasteiger partial charge >= 0.3 is 0 Å². The minimum absolute atomic E-state index is 0.0478. The lowest BCUT2D eigenvalue weighted by Gasteiger charge is -2.27. The molecule has 4 rings (SSSR count). The van der Waals surface area contributed by atoms with Crippen molar-refractivity contribution in [3.8, 4) is 28.4 Å². The predicted octanol–water partition coefficient (Wildman–Crippen LogP) is 9.23. The van der Waals surface area contributed by atoms with Gasteiger partial charge in [-0.2, -0.15) is 0 Å². The van der Waals surface area contributed by atoms with Crippen molar-refractivity contribution in [3.05, 3.63) is 103 Å². The molecule has 1 atom stereocenters. The van der Waals surface area contributed by atoms with Crippen molar-refractivity contribution in [2.45, 2.75) is 75.2 Å². The van der Waals surface area contributed by atoms with E-state index >= 15 is 0 Å². The Hall–Kier alpha value is -3.57. The summed E-state index contributed by atoms with van der Waals surface area (Å²) in [5.74, 6) is 2.12. The summed E-state index contributed by atoms with van der Waals surface area (Å²) < 4.78 is 38.3.